The van der Waals surface area contributed by atoms with Gasteiger partial charge in [-0.1, -0.05) is 0 Å². The van der Waals surface area contributed by atoms with Crippen molar-refractivity contribution in [3.63, 3.8) is 0 Å². The number of benzene rings is 2. The van der Waals surface area contributed by atoms with Crippen LogP contribution in [0.25, 0.3) is 10.9 Å². The third-order valence-electron chi connectivity index (χ3n) is 4.98. The third kappa shape index (κ3) is 4.26. The van der Waals surface area contributed by atoms with Crippen LogP contribution in [0.1, 0.15) is 16.8 Å². The van der Waals surface area contributed by atoms with Gasteiger partial charge >= 0.3 is 5.97 Å². The van der Waals surface area contributed by atoms with Gasteiger partial charge in [-0.2, -0.15) is 3.97 Å². The number of carbonyl (C=O) groups is 1. The Morgan fingerprint density at radius 2 is 1.90 bits per heavy atom. The van der Waals surface area contributed by atoms with Crippen LogP contribution in [0.5, 0.6) is 0 Å². The van der Waals surface area contributed by atoms with Crippen molar-refractivity contribution in [2.45, 2.75) is 25.2 Å². The summed E-state index contributed by atoms with van der Waals surface area (Å²) in [6.45, 7) is 3.68. The first-order valence-corrected chi connectivity index (χ1v) is 10.7. The van der Waals surface area contributed by atoms with Crippen LogP contribution in [0.3, 0.4) is 0 Å². The van der Waals surface area contributed by atoms with Crippen LogP contribution < -0.4 is 5.32 Å². The van der Waals surface area contributed by atoms with E-state index >= 15 is 0 Å². The van der Waals surface area contributed by atoms with Crippen LogP contribution in [0.4, 0.5) is 15.9 Å². The summed E-state index contributed by atoms with van der Waals surface area (Å²) in [7, 11) is 0. The number of pyridine rings is 1. The van der Waals surface area contributed by atoms with Crippen LogP contribution in [-0.4, -0.2) is 24.6 Å². The summed E-state index contributed by atoms with van der Waals surface area (Å²) < 4.78 is 28.8. The van der Waals surface area contributed by atoms with Gasteiger partial charge in [-0.25, -0.2) is 9.37 Å². The second-order valence-electron chi connectivity index (χ2n) is 7.21. The van der Waals surface area contributed by atoms with Crippen molar-refractivity contribution < 1.29 is 18.8 Å². The van der Waals surface area contributed by atoms with E-state index < -0.39 is 23.1 Å². The topological polar surface area (TPSA) is 90.2 Å². The lowest BCUT2D eigenvalue weighted by Crippen LogP contribution is -2.15. The summed E-state index contributed by atoms with van der Waals surface area (Å²) >= 11 is -1.63. The molecule has 31 heavy (non-hydrogen) atoms. The molecule has 0 aliphatic rings. The second-order valence-corrected chi connectivity index (χ2v) is 8.54. The van der Waals surface area contributed by atoms with Crippen LogP contribution >= 0.6 is 0 Å². The average Bonchev–Trinajstić information content (AvgIpc) is 2.99. The van der Waals surface area contributed by atoms with Gasteiger partial charge in [-0.15, -0.1) is 0 Å². The molecule has 158 valence electrons. The number of halogens is 1. The standard InChI is InChI=1S/C23H20FN3O3S/c1-14-9-10-25-22(11-14)26-17-4-6-18(7-5-17)31(30)27-15(2)19(13-23(28)29)20-12-16(24)3-8-21(20)27/h3-12H,13H2,1-2H3,(H,25,26)(H,28,29). The minimum Gasteiger partial charge on any atom is -0.587 e. The first-order valence-electron chi connectivity index (χ1n) is 9.56. The summed E-state index contributed by atoms with van der Waals surface area (Å²) in [4.78, 5) is 16.1. The van der Waals surface area contributed by atoms with E-state index in [0.717, 1.165) is 11.3 Å². The van der Waals surface area contributed by atoms with Gasteiger partial charge < -0.3 is 15.0 Å². The third-order valence-corrected chi connectivity index (χ3v) is 6.46. The molecule has 0 bridgehead atoms. The van der Waals surface area contributed by atoms with E-state index in [-0.39, 0.29) is 6.42 Å². The Hall–Kier alpha value is -3.36. The molecule has 8 heteroatoms. The molecule has 0 saturated carbocycles. The Balaban J connectivity index is 1.68. The van der Waals surface area contributed by atoms with E-state index in [2.05, 4.69) is 10.3 Å². The SMILES string of the molecule is Cc1ccnc(Nc2ccc([S+]([O-])n3c(C)c(CC(=O)O)c4cc(F)ccc43)cc2)c1. The van der Waals surface area contributed by atoms with E-state index in [9.17, 15) is 18.8 Å². The fourth-order valence-corrected chi connectivity index (χ4v) is 4.80. The maximum atomic E-state index is 13.8. The number of hydrogen-bond acceptors (Lipinski definition) is 4. The molecule has 1 atom stereocenters. The van der Waals surface area contributed by atoms with Gasteiger partial charge in [0.1, 0.15) is 23.0 Å². The number of fused-ring (bicyclic) bond motifs is 1. The molecule has 0 fully saturated rings. The molecule has 2 N–H and O–H groups in total. The normalized spacial score (nSPS) is 12.1. The monoisotopic (exact) mass is 437 g/mol. The highest BCUT2D eigenvalue weighted by atomic mass is 32.2. The van der Waals surface area contributed by atoms with Gasteiger partial charge in [0, 0.05) is 17.3 Å². The van der Waals surface area contributed by atoms with Gasteiger partial charge in [0.05, 0.1) is 17.6 Å². The number of aryl methyl sites for hydroxylation is 1. The van der Waals surface area contributed by atoms with Crippen molar-refractivity contribution in [1.82, 2.24) is 8.96 Å². The zero-order valence-electron chi connectivity index (χ0n) is 16.9. The molecule has 6 nitrogen and oxygen atoms in total. The number of aliphatic carboxylic acids is 1. The predicted molar refractivity (Wildman–Crippen MR) is 118 cm³/mol. The Morgan fingerprint density at radius 3 is 2.58 bits per heavy atom. The molecule has 0 amide bonds. The summed E-state index contributed by atoms with van der Waals surface area (Å²) in [6.07, 6.45) is 1.45. The largest absolute Gasteiger partial charge is 0.587 e. The van der Waals surface area contributed by atoms with Crippen molar-refractivity contribution >= 4 is 39.7 Å². The van der Waals surface area contributed by atoms with Crippen molar-refractivity contribution in [2.75, 3.05) is 5.32 Å². The highest BCUT2D eigenvalue weighted by molar-refractivity contribution is 7.90. The average molecular weight is 437 g/mol. The van der Waals surface area contributed by atoms with E-state index in [4.69, 9.17) is 0 Å². The van der Waals surface area contributed by atoms with Gasteiger partial charge in [-0.3, -0.25) is 4.79 Å². The molecular formula is C23H20FN3O3S. The number of nitrogens with one attached hydrogen (secondary N) is 1. The van der Waals surface area contributed by atoms with Gasteiger partial charge in [0.25, 0.3) is 0 Å². The zero-order chi connectivity index (χ0) is 22.1. The zero-order valence-corrected chi connectivity index (χ0v) is 17.7. The van der Waals surface area contributed by atoms with Crippen molar-refractivity contribution in [2.24, 2.45) is 0 Å². The highest BCUT2D eigenvalue weighted by Crippen LogP contribution is 2.31. The number of nitrogens with zero attached hydrogens (tertiary/aromatic N) is 2. The maximum Gasteiger partial charge on any atom is 0.307 e. The van der Waals surface area contributed by atoms with E-state index in [1.807, 2.05) is 19.1 Å². The molecule has 0 radical (unpaired) electrons. The maximum absolute atomic E-state index is 13.8. The minimum atomic E-state index is -1.63. The number of carboxylic acids is 1. The Labute approximate surface area is 181 Å². The van der Waals surface area contributed by atoms with Crippen LogP contribution in [0.2, 0.25) is 0 Å². The van der Waals surface area contributed by atoms with Gasteiger partial charge in [0.15, 0.2) is 4.90 Å². The summed E-state index contributed by atoms with van der Waals surface area (Å²) in [5.41, 5.74) is 3.40. The Bertz CT molecular complexity index is 1270. The molecule has 0 aliphatic carbocycles. The number of rotatable bonds is 6. The lowest BCUT2D eigenvalue weighted by atomic mass is 10.1. The highest BCUT2D eigenvalue weighted by Gasteiger charge is 2.25. The molecule has 0 saturated heterocycles. The predicted octanol–water partition coefficient (Wildman–Crippen LogP) is 4.73. The molecule has 4 aromatic rings. The Kier molecular flexibility index (Phi) is 5.67. The lowest BCUT2D eigenvalue weighted by Gasteiger charge is -2.14. The van der Waals surface area contributed by atoms with Crippen LogP contribution in [0.15, 0.2) is 65.7 Å². The van der Waals surface area contributed by atoms with E-state index in [1.54, 1.807) is 41.4 Å². The molecule has 0 aliphatic heterocycles. The Morgan fingerprint density at radius 1 is 1.16 bits per heavy atom. The van der Waals surface area contributed by atoms with Crippen molar-refractivity contribution in [3.05, 3.63) is 83.4 Å². The van der Waals surface area contributed by atoms with E-state index in [0.29, 0.717) is 32.9 Å². The number of aromatic nitrogens is 2. The van der Waals surface area contributed by atoms with Crippen LogP contribution in [-0.2, 0) is 22.6 Å². The molecule has 2 aromatic carbocycles. The quantitative estimate of drug-likeness (QED) is 0.426. The van der Waals surface area contributed by atoms with Crippen molar-refractivity contribution in [1.29, 1.82) is 0 Å². The molecule has 1 unspecified atom stereocenters. The summed E-state index contributed by atoms with van der Waals surface area (Å²) in [5, 5.41) is 12.9. The molecule has 2 heterocycles. The minimum absolute atomic E-state index is 0.275. The number of hydrogen-bond donors (Lipinski definition) is 2. The van der Waals surface area contributed by atoms with Crippen molar-refractivity contribution in [3.8, 4) is 0 Å². The first kappa shape index (κ1) is 20.9. The van der Waals surface area contributed by atoms with Gasteiger partial charge in [-0.05, 0) is 79.6 Å². The van der Waals surface area contributed by atoms with Crippen LogP contribution in [0, 0.1) is 19.7 Å². The number of anilines is 2. The fraction of sp³-hybridized carbons (Fsp3) is 0.130. The van der Waals surface area contributed by atoms with E-state index in [1.165, 1.54) is 18.2 Å². The first-order chi connectivity index (χ1) is 14.8. The fourth-order valence-electron chi connectivity index (χ4n) is 3.53. The smallest absolute Gasteiger partial charge is 0.307 e. The molecular weight excluding hydrogens is 417 g/mol. The summed E-state index contributed by atoms with van der Waals surface area (Å²) in [6, 6.07) is 15.0. The molecule has 4 rings (SSSR count). The number of carboxylic acid groups (broad SMARTS) is 1. The molecule has 0 spiro atoms. The molecule has 2 aromatic heterocycles. The lowest BCUT2D eigenvalue weighted by molar-refractivity contribution is -0.136. The van der Waals surface area contributed by atoms with Gasteiger partial charge in [0.2, 0.25) is 0 Å². The summed E-state index contributed by atoms with van der Waals surface area (Å²) in [5.74, 6) is -0.791. The second kappa shape index (κ2) is 8.41.